The lowest BCUT2D eigenvalue weighted by Crippen LogP contribution is -2.37. The van der Waals surface area contributed by atoms with Crippen LogP contribution in [0.1, 0.15) is 23.6 Å². The van der Waals surface area contributed by atoms with Crippen LogP contribution in [0.5, 0.6) is 0 Å². The largest absolute Gasteiger partial charge is 0.352 e. The summed E-state index contributed by atoms with van der Waals surface area (Å²) in [7, 11) is 1.75. The number of nitrogens with zero attached hydrogens (tertiary/aromatic N) is 4. The quantitative estimate of drug-likeness (QED) is 0.665. The predicted molar refractivity (Wildman–Crippen MR) is 86.8 cm³/mol. The zero-order valence-electron chi connectivity index (χ0n) is 12.5. The molecule has 0 atom stereocenters. The maximum absolute atomic E-state index is 6.15. The molecule has 1 aliphatic rings. The number of guanidine groups is 1. The maximum Gasteiger partial charge on any atom is 0.191 e. The summed E-state index contributed by atoms with van der Waals surface area (Å²) in [5, 5.41) is 15.7. The number of rotatable bonds is 4. The van der Waals surface area contributed by atoms with E-state index in [0.29, 0.717) is 13.1 Å². The highest BCUT2D eigenvalue weighted by atomic mass is 35.5. The van der Waals surface area contributed by atoms with E-state index in [0.717, 1.165) is 47.6 Å². The summed E-state index contributed by atoms with van der Waals surface area (Å²) in [6.45, 7) is 2.23. The highest BCUT2D eigenvalue weighted by Gasteiger charge is 2.17. The van der Waals surface area contributed by atoms with Gasteiger partial charge in [0, 0.05) is 31.6 Å². The molecule has 22 heavy (non-hydrogen) atoms. The van der Waals surface area contributed by atoms with Gasteiger partial charge >= 0.3 is 0 Å². The van der Waals surface area contributed by atoms with E-state index < -0.39 is 0 Å². The Bertz CT molecular complexity index is 678. The lowest BCUT2D eigenvalue weighted by Gasteiger charge is -2.12. The van der Waals surface area contributed by atoms with Crippen molar-refractivity contribution in [1.29, 1.82) is 0 Å². The smallest absolute Gasteiger partial charge is 0.191 e. The second kappa shape index (κ2) is 6.79. The first kappa shape index (κ1) is 14.8. The van der Waals surface area contributed by atoms with Gasteiger partial charge in [0.25, 0.3) is 0 Å². The molecule has 1 aliphatic heterocycles. The third kappa shape index (κ3) is 3.22. The number of benzene rings is 1. The minimum absolute atomic E-state index is 0.606. The van der Waals surface area contributed by atoms with Crippen LogP contribution in [-0.2, 0) is 26.1 Å². The highest BCUT2D eigenvalue weighted by molar-refractivity contribution is 6.31. The van der Waals surface area contributed by atoms with Crippen molar-refractivity contribution in [3.63, 3.8) is 0 Å². The number of hydrogen-bond acceptors (Lipinski definition) is 3. The van der Waals surface area contributed by atoms with E-state index in [-0.39, 0.29) is 0 Å². The molecule has 0 radical (unpaired) electrons. The molecule has 0 bridgehead atoms. The maximum atomic E-state index is 6.15. The fourth-order valence-corrected chi connectivity index (χ4v) is 2.75. The van der Waals surface area contributed by atoms with Crippen molar-refractivity contribution in [1.82, 2.24) is 25.4 Å². The first-order chi connectivity index (χ1) is 10.8. The van der Waals surface area contributed by atoms with Crippen molar-refractivity contribution in [2.24, 2.45) is 4.99 Å². The number of aryl methyl sites for hydroxylation is 1. The molecule has 1 aromatic carbocycles. The van der Waals surface area contributed by atoms with Crippen molar-refractivity contribution in [3.8, 4) is 0 Å². The predicted octanol–water partition coefficient (Wildman–Crippen LogP) is 1.74. The van der Waals surface area contributed by atoms with Crippen molar-refractivity contribution in [3.05, 3.63) is 46.5 Å². The number of halogens is 1. The topological polar surface area (TPSA) is 67.1 Å². The molecular formula is C15H19ClN6. The van der Waals surface area contributed by atoms with Crippen LogP contribution in [-0.4, -0.2) is 27.8 Å². The zero-order chi connectivity index (χ0) is 15.4. The molecule has 0 unspecified atom stereocenters. The Kier molecular flexibility index (Phi) is 4.58. The molecule has 0 saturated carbocycles. The third-order valence-electron chi connectivity index (χ3n) is 3.73. The van der Waals surface area contributed by atoms with E-state index >= 15 is 0 Å². The lowest BCUT2D eigenvalue weighted by atomic mass is 10.2. The fourth-order valence-electron chi connectivity index (χ4n) is 2.55. The van der Waals surface area contributed by atoms with Crippen molar-refractivity contribution in [2.45, 2.75) is 32.5 Å². The molecule has 0 aliphatic carbocycles. The molecule has 6 nitrogen and oxygen atoms in total. The van der Waals surface area contributed by atoms with Gasteiger partial charge in [-0.1, -0.05) is 29.8 Å². The summed E-state index contributed by atoms with van der Waals surface area (Å²) in [6, 6.07) is 7.77. The van der Waals surface area contributed by atoms with Crippen molar-refractivity contribution >= 4 is 17.6 Å². The molecule has 0 spiro atoms. The molecular weight excluding hydrogens is 300 g/mol. The van der Waals surface area contributed by atoms with Crippen LogP contribution in [0, 0.1) is 0 Å². The van der Waals surface area contributed by atoms with Crippen LogP contribution >= 0.6 is 11.6 Å². The first-order valence-corrected chi connectivity index (χ1v) is 7.74. The summed E-state index contributed by atoms with van der Waals surface area (Å²) >= 11 is 6.15. The fraction of sp³-hybridized carbons (Fsp3) is 0.400. The average Bonchev–Trinajstić information content (AvgIpc) is 3.13. The third-order valence-corrected chi connectivity index (χ3v) is 4.10. The van der Waals surface area contributed by atoms with Crippen LogP contribution in [0.15, 0.2) is 29.3 Å². The standard InChI is InChI=1S/C15H19ClN6/c1-17-15(18-9-11-5-2-3-6-12(11)16)19-10-14-21-20-13-7-4-8-22(13)14/h2-3,5-6H,4,7-10H2,1H3,(H2,17,18,19). The van der Waals surface area contributed by atoms with Gasteiger partial charge in [-0.3, -0.25) is 4.99 Å². The van der Waals surface area contributed by atoms with E-state index in [2.05, 4.69) is 30.4 Å². The van der Waals surface area contributed by atoms with E-state index in [1.165, 1.54) is 0 Å². The van der Waals surface area contributed by atoms with Crippen LogP contribution < -0.4 is 10.6 Å². The first-order valence-electron chi connectivity index (χ1n) is 7.37. The molecule has 1 aromatic heterocycles. The number of hydrogen-bond donors (Lipinski definition) is 2. The molecule has 0 fully saturated rings. The Hall–Kier alpha value is -2.08. The van der Waals surface area contributed by atoms with Gasteiger partial charge in [0.1, 0.15) is 5.82 Å². The number of nitrogens with one attached hydrogen (secondary N) is 2. The van der Waals surface area contributed by atoms with E-state index in [4.69, 9.17) is 11.6 Å². The van der Waals surface area contributed by atoms with Gasteiger partial charge in [-0.2, -0.15) is 0 Å². The highest BCUT2D eigenvalue weighted by Crippen LogP contribution is 2.15. The molecule has 2 heterocycles. The Labute approximate surface area is 134 Å². The van der Waals surface area contributed by atoms with Gasteiger partial charge in [0.15, 0.2) is 11.8 Å². The summed E-state index contributed by atoms with van der Waals surface area (Å²) in [4.78, 5) is 4.22. The lowest BCUT2D eigenvalue weighted by molar-refractivity contribution is 0.663. The summed E-state index contributed by atoms with van der Waals surface area (Å²) in [5.74, 6) is 2.75. The summed E-state index contributed by atoms with van der Waals surface area (Å²) < 4.78 is 2.17. The second-order valence-electron chi connectivity index (χ2n) is 5.16. The minimum atomic E-state index is 0.606. The molecule has 0 saturated heterocycles. The summed E-state index contributed by atoms with van der Waals surface area (Å²) in [6.07, 6.45) is 2.17. The molecule has 2 aromatic rings. The zero-order valence-corrected chi connectivity index (χ0v) is 13.3. The second-order valence-corrected chi connectivity index (χ2v) is 5.57. The van der Waals surface area contributed by atoms with Crippen molar-refractivity contribution in [2.75, 3.05) is 7.05 Å². The Morgan fingerprint density at radius 2 is 2.09 bits per heavy atom. The van der Waals surface area contributed by atoms with Gasteiger partial charge < -0.3 is 15.2 Å². The Morgan fingerprint density at radius 3 is 2.91 bits per heavy atom. The van der Waals surface area contributed by atoms with Crippen LogP contribution in [0.4, 0.5) is 0 Å². The van der Waals surface area contributed by atoms with Gasteiger partial charge in [-0.15, -0.1) is 10.2 Å². The van der Waals surface area contributed by atoms with E-state index in [1.54, 1.807) is 7.05 Å². The normalized spacial score (nSPS) is 14.0. The van der Waals surface area contributed by atoms with Crippen LogP contribution in [0.2, 0.25) is 5.02 Å². The average molecular weight is 319 g/mol. The van der Waals surface area contributed by atoms with E-state index in [9.17, 15) is 0 Å². The van der Waals surface area contributed by atoms with E-state index in [1.807, 2.05) is 24.3 Å². The monoisotopic (exact) mass is 318 g/mol. The Balaban J connectivity index is 1.55. The van der Waals surface area contributed by atoms with Gasteiger partial charge in [0.2, 0.25) is 0 Å². The van der Waals surface area contributed by atoms with Crippen LogP contribution in [0.25, 0.3) is 0 Å². The molecule has 7 heteroatoms. The number of aliphatic imine (C=N–C) groups is 1. The van der Waals surface area contributed by atoms with Crippen LogP contribution in [0.3, 0.4) is 0 Å². The number of fused-ring (bicyclic) bond motifs is 1. The SMILES string of the molecule is CN=C(NCc1ccccc1Cl)NCc1nnc2n1CCC2. The molecule has 3 rings (SSSR count). The number of aromatic nitrogens is 3. The molecule has 2 N–H and O–H groups in total. The minimum Gasteiger partial charge on any atom is -0.352 e. The van der Waals surface area contributed by atoms with Crippen molar-refractivity contribution < 1.29 is 0 Å². The van der Waals surface area contributed by atoms with Gasteiger partial charge in [-0.05, 0) is 18.1 Å². The van der Waals surface area contributed by atoms with Gasteiger partial charge in [-0.25, -0.2) is 0 Å². The molecule has 116 valence electrons. The summed E-state index contributed by atoms with van der Waals surface area (Å²) in [5.41, 5.74) is 1.04. The van der Waals surface area contributed by atoms with Gasteiger partial charge in [0.05, 0.1) is 6.54 Å². The molecule has 0 amide bonds. The Morgan fingerprint density at radius 1 is 1.27 bits per heavy atom.